The second kappa shape index (κ2) is 5.12. The van der Waals surface area contributed by atoms with Crippen molar-refractivity contribution >= 4 is 22.7 Å². The van der Waals surface area contributed by atoms with Gasteiger partial charge >= 0.3 is 0 Å². The van der Waals surface area contributed by atoms with Gasteiger partial charge in [-0.2, -0.15) is 0 Å². The lowest BCUT2D eigenvalue weighted by Gasteiger charge is -2.27. The third-order valence-corrected chi connectivity index (χ3v) is 3.46. The zero-order valence-electron chi connectivity index (χ0n) is 11.5. The Hall–Kier alpha value is -2.50. The first-order valence-electron chi connectivity index (χ1n) is 6.67. The van der Waals surface area contributed by atoms with Crippen molar-refractivity contribution in [2.45, 2.75) is 6.92 Å². The van der Waals surface area contributed by atoms with Crippen LogP contribution in [-0.4, -0.2) is 41.3 Å². The highest BCUT2D eigenvalue weighted by atomic mass is 19.1. The first-order valence-corrected chi connectivity index (χ1v) is 6.67. The van der Waals surface area contributed by atoms with Crippen LogP contribution in [0.2, 0.25) is 0 Å². The average Bonchev–Trinajstić information content (AvgIpc) is 2.45. The van der Waals surface area contributed by atoms with Crippen molar-refractivity contribution in [3.63, 3.8) is 0 Å². The van der Waals surface area contributed by atoms with Gasteiger partial charge in [0, 0.05) is 30.2 Å². The summed E-state index contributed by atoms with van der Waals surface area (Å²) in [5, 5.41) is 3.27. The fourth-order valence-corrected chi connectivity index (χ4v) is 2.49. The average molecular weight is 287 g/mol. The van der Waals surface area contributed by atoms with E-state index in [-0.39, 0.29) is 18.4 Å². The van der Waals surface area contributed by atoms with Crippen molar-refractivity contribution in [3.05, 3.63) is 41.3 Å². The topological polar surface area (TPSA) is 62.3 Å². The standard InChI is InChI=1S/C15H14FN3O2/c1-9-6-12(11-3-2-10(16)7-13(11)18-9)15(21)19-5-4-17-14(20)8-19/h2-3,6-7H,4-5,8H2,1H3,(H,17,20). The normalized spacial score (nSPS) is 15.1. The van der Waals surface area contributed by atoms with Crippen LogP contribution in [0.3, 0.4) is 0 Å². The van der Waals surface area contributed by atoms with Gasteiger partial charge in [0.15, 0.2) is 0 Å². The first kappa shape index (κ1) is 13.5. The molecule has 6 heteroatoms. The molecule has 0 radical (unpaired) electrons. The van der Waals surface area contributed by atoms with Gasteiger partial charge in [-0.1, -0.05) is 0 Å². The third kappa shape index (κ3) is 2.56. The van der Waals surface area contributed by atoms with E-state index in [1.165, 1.54) is 17.0 Å². The number of halogens is 1. The van der Waals surface area contributed by atoms with Gasteiger partial charge in [-0.25, -0.2) is 4.39 Å². The van der Waals surface area contributed by atoms with Gasteiger partial charge in [0.05, 0.1) is 17.6 Å². The summed E-state index contributed by atoms with van der Waals surface area (Å²) in [7, 11) is 0. The monoisotopic (exact) mass is 287 g/mol. The number of rotatable bonds is 1. The summed E-state index contributed by atoms with van der Waals surface area (Å²) in [6, 6.07) is 5.84. The predicted molar refractivity (Wildman–Crippen MR) is 75.4 cm³/mol. The summed E-state index contributed by atoms with van der Waals surface area (Å²) in [6.07, 6.45) is 0. The molecule has 1 aromatic heterocycles. The van der Waals surface area contributed by atoms with E-state index in [4.69, 9.17) is 0 Å². The van der Waals surface area contributed by atoms with E-state index in [0.29, 0.717) is 35.2 Å². The fourth-order valence-electron chi connectivity index (χ4n) is 2.49. The summed E-state index contributed by atoms with van der Waals surface area (Å²) in [5.41, 5.74) is 1.53. The van der Waals surface area contributed by atoms with Crippen LogP contribution in [0.15, 0.2) is 24.3 Å². The molecule has 1 aromatic carbocycles. The molecule has 0 saturated carbocycles. The van der Waals surface area contributed by atoms with Gasteiger partial charge in [-0.3, -0.25) is 14.6 Å². The highest BCUT2D eigenvalue weighted by Gasteiger charge is 2.24. The molecule has 21 heavy (non-hydrogen) atoms. The van der Waals surface area contributed by atoms with Crippen molar-refractivity contribution in [1.29, 1.82) is 0 Å². The molecule has 1 aliphatic rings. The number of nitrogens with zero attached hydrogens (tertiary/aromatic N) is 2. The molecule has 0 unspecified atom stereocenters. The fraction of sp³-hybridized carbons (Fsp3) is 0.267. The van der Waals surface area contributed by atoms with E-state index in [1.54, 1.807) is 19.1 Å². The quantitative estimate of drug-likeness (QED) is 0.858. The van der Waals surface area contributed by atoms with Crippen LogP contribution < -0.4 is 5.32 Å². The zero-order valence-corrected chi connectivity index (χ0v) is 11.5. The van der Waals surface area contributed by atoms with Crippen LogP contribution in [0.1, 0.15) is 16.1 Å². The van der Waals surface area contributed by atoms with Crippen LogP contribution in [-0.2, 0) is 4.79 Å². The molecule has 108 valence electrons. The maximum atomic E-state index is 13.3. The molecule has 2 aromatic rings. The summed E-state index contributed by atoms with van der Waals surface area (Å²) < 4.78 is 13.3. The van der Waals surface area contributed by atoms with Gasteiger partial charge in [-0.05, 0) is 25.1 Å². The van der Waals surface area contributed by atoms with Crippen LogP contribution in [0.4, 0.5) is 4.39 Å². The van der Waals surface area contributed by atoms with E-state index in [9.17, 15) is 14.0 Å². The van der Waals surface area contributed by atoms with Gasteiger partial charge in [0.1, 0.15) is 5.82 Å². The molecule has 1 aliphatic heterocycles. The van der Waals surface area contributed by atoms with Gasteiger partial charge in [0.2, 0.25) is 5.91 Å². The molecule has 0 bridgehead atoms. The lowest BCUT2D eigenvalue weighted by Crippen LogP contribution is -2.50. The number of amides is 2. The van der Waals surface area contributed by atoms with Crippen molar-refractivity contribution in [1.82, 2.24) is 15.2 Å². The Labute approximate surface area is 120 Å². The number of benzene rings is 1. The number of hydrogen-bond donors (Lipinski definition) is 1. The number of carbonyl (C=O) groups is 2. The van der Waals surface area contributed by atoms with E-state index < -0.39 is 5.82 Å². The number of piperazine rings is 1. The number of nitrogens with one attached hydrogen (secondary N) is 1. The van der Waals surface area contributed by atoms with E-state index >= 15 is 0 Å². The van der Waals surface area contributed by atoms with Crippen LogP contribution in [0, 0.1) is 12.7 Å². The number of aryl methyl sites for hydroxylation is 1. The molecule has 3 rings (SSSR count). The van der Waals surface area contributed by atoms with Gasteiger partial charge in [0.25, 0.3) is 5.91 Å². The minimum absolute atomic E-state index is 0.0445. The summed E-state index contributed by atoms with van der Waals surface area (Å²) >= 11 is 0. The molecule has 5 nitrogen and oxygen atoms in total. The number of fused-ring (bicyclic) bond motifs is 1. The number of aromatic nitrogens is 1. The highest BCUT2D eigenvalue weighted by molar-refractivity contribution is 6.07. The minimum Gasteiger partial charge on any atom is -0.353 e. The third-order valence-electron chi connectivity index (χ3n) is 3.46. The Kier molecular flexibility index (Phi) is 3.29. The lowest BCUT2D eigenvalue weighted by molar-refractivity contribution is -0.123. The van der Waals surface area contributed by atoms with Gasteiger partial charge in [-0.15, -0.1) is 0 Å². The van der Waals surface area contributed by atoms with Gasteiger partial charge < -0.3 is 10.2 Å². The largest absolute Gasteiger partial charge is 0.353 e. The van der Waals surface area contributed by atoms with Crippen LogP contribution >= 0.6 is 0 Å². The molecule has 0 aliphatic carbocycles. The molecular formula is C15H14FN3O2. The second-order valence-electron chi connectivity index (χ2n) is 5.05. The smallest absolute Gasteiger partial charge is 0.255 e. The maximum Gasteiger partial charge on any atom is 0.255 e. The highest BCUT2D eigenvalue weighted by Crippen LogP contribution is 2.21. The minimum atomic E-state index is -0.392. The number of pyridine rings is 1. The summed E-state index contributed by atoms with van der Waals surface area (Å²) in [5.74, 6) is -0.793. The molecule has 1 fully saturated rings. The van der Waals surface area contributed by atoms with Crippen molar-refractivity contribution < 1.29 is 14.0 Å². The molecule has 2 heterocycles. The Balaban J connectivity index is 2.06. The SMILES string of the molecule is Cc1cc(C(=O)N2CCNC(=O)C2)c2ccc(F)cc2n1. The number of hydrogen-bond acceptors (Lipinski definition) is 3. The summed E-state index contributed by atoms with van der Waals surface area (Å²) in [4.78, 5) is 29.8. The Morgan fingerprint density at radius 2 is 2.19 bits per heavy atom. The lowest BCUT2D eigenvalue weighted by atomic mass is 10.1. The van der Waals surface area contributed by atoms with Crippen molar-refractivity contribution in [2.24, 2.45) is 0 Å². The number of carbonyl (C=O) groups excluding carboxylic acids is 2. The van der Waals surface area contributed by atoms with E-state index in [2.05, 4.69) is 10.3 Å². The molecule has 1 N–H and O–H groups in total. The van der Waals surface area contributed by atoms with Crippen LogP contribution in [0.25, 0.3) is 10.9 Å². The second-order valence-corrected chi connectivity index (χ2v) is 5.05. The molecule has 2 amide bonds. The Bertz CT molecular complexity index is 740. The Morgan fingerprint density at radius 3 is 2.95 bits per heavy atom. The summed E-state index contributed by atoms with van der Waals surface area (Å²) in [6.45, 7) is 2.71. The Morgan fingerprint density at radius 1 is 1.38 bits per heavy atom. The molecule has 1 saturated heterocycles. The van der Waals surface area contributed by atoms with Crippen LogP contribution in [0.5, 0.6) is 0 Å². The molecule has 0 atom stereocenters. The maximum absolute atomic E-state index is 13.3. The zero-order chi connectivity index (χ0) is 15.0. The molecular weight excluding hydrogens is 273 g/mol. The predicted octanol–water partition coefficient (Wildman–Crippen LogP) is 1.25. The van der Waals surface area contributed by atoms with E-state index in [0.717, 1.165) is 0 Å². The first-order chi connectivity index (χ1) is 10.0. The van der Waals surface area contributed by atoms with Crippen molar-refractivity contribution in [3.8, 4) is 0 Å². The van der Waals surface area contributed by atoms with E-state index in [1.807, 2.05) is 0 Å². The van der Waals surface area contributed by atoms with Crippen molar-refractivity contribution in [2.75, 3.05) is 19.6 Å². The molecule has 0 spiro atoms.